The summed E-state index contributed by atoms with van der Waals surface area (Å²) in [5, 5.41) is 0.758. The van der Waals surface area contributed by atoms with Gasteiger partial charge in [0.15, 0.2) is 0 Å². The van der Waals surface area contributed by atoms with Crippen LogP contribution in [0.1, 0.15) is 32.1 Å². The quantitative estimate of drug-likeness (QED) is 0.857. The highest BCUT2D eigenvalue weighted by atomic mass is 32.2. The first-order chi connectivity index (χ1) is 9.90. The van der Waals surface area contributed by atoms with E-state index in [1.165, 1.54) is 11.3 Å². The number of benzene rings is 1. The molecule has 1 atom stereocenters. The zero-order chi connectivity index (χ0) is 15.6. The lowest BCUT2D eigenvalue weighted by Crippen LogP contribution is -2.38. The van der Waals surface area contributed by atoms with Crippen LogP contribution < -0.4 is 10.5 Å². The smallest absolute Gasteiger partial charge is 0.242 e. The van der Waals surface area contributed by atoms with Gasteiger partial charge in [0.1, 0.15) is 4.90 Å². The van der Waals surface area contributed by atoms with Gasteiger partial charge in [-0.05, 0) is 18.4 Å². The van der Waals surface area contributed by atoms with E-state index >= 15 is 0 Å². The number of sulfonamides is 1. The molecule has 0 amide bonds. The number of nitrogens with two attached hydrogens (primary N) is 1. The van der Waals surface area contributed by atoms with Crippen molar-refractivity contribution in [1.29, 1.82) is 0 Å². The van der Waals surface area contributed by atoms with Crippen molar-refractivity contribution < 1.29 is 8.42 Å². The largest absolute Gasteiger partial charge is 0.326 e. The van der Waals surface area contributed by atoms with Gasteiger partial charge in [0.25, 0.3) is 0 Å². The molecule has 1 aromatic heterocycles. The van der Waals surface area contributed by atoms with Crippen LogP contribution in [-0.2, 0) is 16.6 Å². The molecule has 0 aliphatic carbocycles. The molecule has 0 aliphatic heterocycles. The highest BCUT2D eigenvalue weighted by Gasteiger charge is 2.27. The van der Waals surface area contributed by atoms with E-state index in [0.717, 1.165) is 16.5 Å². The lowest BCUT2D eigenvalue weighted by Gasteiger charge is -2.20. The lowest BCUT2D eigenvalue weighted by molar-refractivity contribution is 0.437. The van der Waals surface area contributed by atoms with E-state index < -0.39 is 10.0 Å². The van der Waals surface area contributed by atoms with Gasteiger partial charge < -0.3 is 5.73 Å². The number of fused-ring (bicyclic) bond motifs is 1. The van der Waals surface area contributed by atoms with E-state index in [4.69, 9.17) is 5.73 Å². The molecule has 3 N–H and O–H groups in total. The first kappa shape index (κ1) is 16.4. The van der Waals surface area contributed by atoms with Crippen LogP contribution in [0.3, 0.4) is 0 Å². The summed E-state index contributed by atoms with van der Waals surface area (Å²) in [6.45, 7) is 6.26. The minimum Gasteiger partial charge on any atom is -0.326 e. The molecular weight excluding hydrogens is 304 g/mol. The molecule has 0 saturated carbocycles. The maximum atomic E-state index is 12.8. The van der Waals surface area contributed by atoms with Crippen LogP contribution in [0, 0.1) is 5.92 Å². The van der Waals surface area contributed by atoms with Crippen molar-refractivity contribution in [1.82, 2.24) is 4.72 Å². The summed E-state index contributed by atoms with van der Waals surface area (Å²) in [4.78, 5) is 1.06. The van der Waals surface area contributed by atoms with Gasteiger partial charge in [0, 0.05) is 27.5 Å². The van der Waals surface area contributed by atoms with Crippen LogP contribution in [0.15, 0.2) is 29.2 Å². The van der Waals surface area contributed by atoms with Gasteiger partial charge in [-0.1, -0.05) is 39.0 Å². The summed E-state index contributed by atoms with van der Waals surface area (Å²) in [6, 6.07) is 7.47. The minimum absolute atomic E-state index is 0.0701. The lowest BCUT2D eigenvalue weighted by atomic mass is 10.0. The van der Waals surface area contributed by atoms with Gasteiger partial charge in [0.2, 0.25) is 10.0 Å². The van der Waals surface area contributed by atoms with Crippen molar-refractivity contribution in [2.45, 2.75) is 44.7 Å². The topological polar surface area (TPSA) is 72.2 Å². The average molecular weight is 326 g/mol. The third kappa shape index (κ3) is 3.29. The van der Waals surface area contributed by atoms with Crippen molar-refractivity contribution in [3.05, 3.63) is 29.1 Å². The number of rotatable bonds is 6. The second-order valence-electron chi connectivity index (χ2n) is 5.43. The Hall–Kier alpha value is -0.950. The number of hydrogen-bond acceptors (Lipinski definition) is 4. The molecule has 1 unspecified atom stereocenters. The molecule has 2 rings (SSSR count). The van der Waals surface area contributed by atoms with Crippen LogP contribution in [0.4, 0.5) is 0 Å². The Morgan fingerprint density at radius 3 is 2.52 bits per heavy atom. The maximum absolute atomic E-state index is 12.8. The Bertz CT molecular complexity index is 720. The zero-order valence-electron chi connectivity index (χ0n) is 12.6. The third-order valence-corrected chi connectivity index (χ3v) is 6.56. The Morgan fingerprint density at radius 1 is 1.29 bits per heavy atom. The fourth-order valence-corrected chi connectivity index (χ4v) is 5.75. The number of nitrogens with one attached hydrogen (secondary N) is 1. The predicted octanol–water partition coefficient (Wildman–Crippen LogP) is 3.07. The molecule has 0 saturated heterocycles. The molecule has 0 spiro atoms. The summed E-state index contributed by atoms with van der Waals surface area (Å²) in [5.74, 6) is 0.246. The van der Waals surface area contributed by atoms with Gasteiger partial charge in [0.05, 0.1) is 0 Å². The summed E-state index contributed by atoms with van der Waals surface area (Å²) in [5.41, 5.74) is 5.75. The van der Waals surface area contributed by atoms with E-state index in [0.29, 0.717) is 9.77 Å². The normalized spacial score (nSPS) is 14.0. The van der Waals surface area contributed by atoms with Gasteiger partial charge in [-0.25, -0.2) is 13.1 Å². The molecule has 1 heterocycles. The van der Waals surface area contributed by atoms with Crippen LogP contribution in [0.2, 0.25) is 0 Å². The van der Waals surface area contributed by atoms with E-state index in [1.54, 1.807) is 0 Å². The second kappa shape index (κ2) is 6.44. The molecule has 1 aromatic carbocycles. The molecule has 21 heavy (non-hydrogen) atoms. The molecule has 0 bridgehead atoms. The SMILES string of the molecule is CCC(NS(=O)(=O)c1c(CN)sc2ccccc12)C(C)C. The Kier molecular flexibility index (Phi) is 5.03. The van der Waals surface area contributed by atoms with Gasteiger partial charge in [-0.15, -0.1) is 11.3 Å². The van der Waals surface area contributed by atoms with Gasteiger partial charge in [-0.3, -0.25) is 0 Å². The molecule has 0 aliphatic rings. The number of hydrogen-bond donors (Lipinski definition) is 2. The molecular formula is C15H22N2O2S2. The van der Waals surface area contributed by atoms with Crippen molar-refractivity contribution in [2.24, 2.45) is 11.7 Å². The first-order valence-electron chi connectivity index (χ1n) is 7.13. The Labute approximate surface area is 130 Å². The highest BCUT2D eigenvalue weighted by molar-refractivity contribution is 7.90. The van der Waals surface area contributed by atoms with E-state index in [2.05, 4.69) is 4.72 Å². The van der Waals surface area contributed by atoms with Gasteiger partial charge >= 0.3 is 0 Å². The Balaban J connectivity index is 2.53. The third-order valence-electron chi connectivity index (χ3n) is 3.62. The van der Waals surface area contributed by atoms with Crippen LogP contribution in [0.5, 0.6) is 0 Å². The maximum Gasteiger partial charge on any atom is 0.242 e. The summed E-state index contributed by atoms with van der Waals surface area (Å²) >= 11 is 1.45. The molecule has 2 aromatic rings. The summed E-state index contributed by atoms with van der Waals surface area (Å²) in [7, 11) is -3.56. The minimum atomic E-state index is -3.56. The molecule has 6 heteroatoms. The number of thiophene rings is 1. The Morgan fingerprint density at radius 2 is 1.95 bits per heavy atom. The van der Waals surface area contributed by atoms with Crippen molar-refractivity contribution in [3.63, 3.8) is 0 Å². The monoisotopic (exact) mass is 326 g/mol. The molecule has 4 nitrogen and oxygen atoms in total. The second-order valence-corrected chi connectivity index (χ2v) is 8.22. The van der Waals surface area contributed by atoms with E-state index in [-0.39, 0.29) is 18.5 Å². The van der Waals surface area contributed by atoms with Crippen LogP contribution >= 0.6 is 11.3 Å². The average Bonchev–Trinajstić information content (AvgIpc) is 2.83. The van der Waals surface area contributed by atoms with Crippen LogP contribution in [0.25, 0.3) is 10.1 Å². The predicted molar refractivity (Wildman–Crippen MR) is 89.0 cm³/mol. The first-order valence-corrected chi connectivity index (χ1v) is 9.43. The summed E-state index contributed by atoms with van der Waals surface area (Å²) in [6.07, 6.45) is 0.761. The molecule has 116 valence electrons. The van der Waals surface area contributed by atoms with Crippen LogP contribution in [-0.4, -0.2) is 14.5 Å². The highest BCUT2D eigenvalue weighted by Crippen LogP contribution is 2.34. The zero-order valence-corrected chi connectivity index (χ0v) is 14.2. The molecule has 0 radical (unpaired) electrons. The summed E-state index contributed by atoms with van der Waals surface area (Å²) < 4.78 is 29.4. The fraction of sp³-hybridized carbons (Fsp3) is 0.467. The van der Waals surface area contributed by atoms with E-state index in [9.17, 15) is 8.42 Å². The molecule has 0 fully saturated rings. The van der Waals surface area contributed by atoms with Crippen molar-refractivity contribution in [3.8, 4) is 0 Å². The van der Waals surface area contributed by atoms with Crippen molar-refractivity contribution >= 4 is 31.4 Å². The van der Waals surface area contributed by atoms with Crippen molar-refractivity contribution in [2.75, 3.05) is 0 Å². The fourth-order valence-electron chi connectivity index (χ4n) is 2.45. The van der Waals surface area contributed by atoms with Gasteiger partial charge in [-0.2, -0.15) is 0 Å². The standard InChI is InChI=1S/C15H22N2O2S2/c1-4-12(10(2)3)17-21(18,19)15-11-7-5-6-8-13(11)20-14(15)9-16/h5-8,10,12,17H,4,9,16H2,1-3H3. The van der Waals surface area contributed by atoms with E-state index in [1.807, 2.05) is 45.0 Å².